The van der Waals surface area contributed by atoms with Crippen LogP contribution in [0.5, 0.6) is 0 Å². The van der Waals surface area contributed by atoms with E-state index in [1.807, 2.05) is 21.1 Å². The van der Waals surface area contributed by atoms with Gasteiger partial charge in [-0.15, -0.1) is 0 Å². The van der Waals surface area contributed by atoms with Gasteiger partial charge in [0.25, 0.3) is 7.82 Å². The van der Waals surface area contributed by atoms with Gasteiger partial charge in [0.15, 0.2) is 6.10 Å². The molecule has 0 saturated heterocycles. The van der Waals surface area contributed by atoms with E-state index < -0.39 is 26.5 Å². The number of nitrogens with zero attached hydrogens (tertiary/aromatic N) is 1. The Morgan fingerprint density at radius 1 is 0.545 bits per heavy atom. The predicted molar refractivity (Wildman–Crippen MR) is 227 cm³/mol. The number of unbranched alkanes of at least 4 members (excludes halogenated alkanes) is 26. The molecule has 0 aromatic rings. The van der Waals surface area contributed by atoms with Gasteiger partial charge in [-0.25, -0.2) is 0 Å². The summed E-state index contributed by atoms with van der Waals surface area (Å²) in [5.74, 6) is -0.827. The summed E-state index contributed by atoms with van der Waals surface area (Å²) >= 11 is 0. The molecular formula is C45H88NO8P. The first-order chi connectivity index (χ1) is 26.5. The zero-order valence-corrected chi connectivity index (χ0v) is 37.5. The molecule has 0 N–H and O–H groups in total. The van der Waals surface area contributed by atoms with Gasteiger partial charge in [0.1, 0.15) is 19.8 Å². The lowest BCUT2D eigenvalue weighted by Crippen LogP contribution is -2.37. The van der Waals surface area contributed by atoms with Gasteiger partial charge in [-0.1, -0.05) is 174 Å². The van der Waals surface area contributed by atoms with E-state index in [4.69, 9.17) is 18.5 Å². The number of phosphoric acid groups is 1. The Morgan fingerprint density at radius 2 is 0.927 bits per heavy atom. The van der Waals surface area contributed by atoms with E-state index in [1.165, 1.54) is 148 Å². The van der Waals surface area contributed by atoms with Crippen LogP contribution in [0.3, 0.4) is 0 Å². The van der Waals surface area contributed by atoms with E-state index in [9.17, 15) is 19.0 Å². The lowest BCUT2D eigenvalue weighted by Gasteiger charge is -2.28. The number of phosphoric ester groups is 1. The normalized spacial score (nSPS) is 13.6. The third kappa shape index (κ3) is 42.2. The second-order valence-corrected chi connectivity index (χ2v) is 18.2. The minimum Gasteiger partial charge on any atom is -0.756 e. The number of carbonyl (C=O) groups excluding carboxylic acids is 2. The summed E-state index contributed by atoms with van der Waals surface area (Å²) in [6.07, 6.45) is 39.5. The summed E-state index contributed by atoms with van der Waals surface area (Å²) in [7, 11) is 1.17. The van der Waals surface area contributed by atoms with Gasteiger partial charge in [-0.3, -0.25) is 14.2 Å². The van der Waals surface area contributed by atoms with E-state index in [0.29, 0.717) is 17.4 Å². The highest BCUT2D eigenvalue weighted by molar-refractivity contribution is 7.45. The monoisotopic (exact) mass is 802 g/mol. The SMILES string of the molecule is CCCCCCCC/C=C/CCCCCCCCCCCC(=O)OC[C@@H](COP(=O)([O-])OCC[N+](C)(C)C)OC(=O)CCCCCCCCCCCCCC. The van der Waals surface area contributed by atoms with Crippen LogP contribution in [0.2, 0.25) is 0 Å². The summed E-state index contributed by atoms with van der Waals surface area (Å²) in [6.45, 7) is 4.24. The molecule has 0 aliphatic heterocycles. The number of ether oxygens (including phenoxy) is 2. The van der Waals surface area contributed by atoms with Crippen molar-refractivity contribution in [2.75, 3.05) is 47.5 Å². The van der Waals surface area contributed by atoms with Gasteiger partial charge in [0, 0.05) is 12.8 Å². The smallest absolute Gasteiger partial charge is 0.306 e. The average Bonchev–Trinajstić information content (AvgIpc) is 3.13. The van der Waals surface area contributed by atoms with Gasteiger partial charge >= 0.3 is 11.9 Å². The summed E-state index contributed by atoms with van der Waals surface area (Å²) in [5, 5.41) is 0. The van der Waals surface area contributed by atoms with Crippen molar-refractivity contribution < 1.29 is 42.1 Å². The maximum absolute atomic E-state index is 12.6. The topological polar surface area (TPSA) is 111 Å². The molecule has 0 saturated carbocycles. The average molecular weight is 802 g/mol. The number of hydrogen-bond acceptors (Lipinski definition) is 8. The van der Waals surface area contributed by atoms with Crippen molar-refractivity contribution in [3.05, 3.63) is 12.2 Å². The molecule has 326 valence electrons. The molecule has 0 amide bonds. The Hall–Kier alpha value is -1.25. The first-order valence-corrected chi connectivity index (χ1v) is 24.4. The van der Waals surface area contributed by atoms with Crippen LogP contribution in [0, 0.1) is 0 Å². The summed E-state index contributed by atoms with van der Waals surface area (Å²) in [5.41, 5.74) is 0. The first-order valence-electron chi connectivity index (χ1n) is 22.9. The van der Waals surface area contributed by atoms with Crippen molar-refractivity contribution in [2.24, 2.45) is 0 Å². The maximum Gasteiger partial charge on any atom is 0.306 e. The van der Waals surface area contributed by atoms with Crippen LogP contribution in [0.15, 0.2) is 12.2 Å². The van der Waals surface area contributed by atoms with E-state index >= 15 is 0 Å². The van der Waals surface area contributed by atoms with Crippen molar-refractivity contribution in [1.29, 1.82) is 0 Å². The summed E-state index contributed by atoms with van der Waals surface area (Å²) in [4.78, 5) is 37.5. The maximum atomic E-state index is 12.6. The zero-order valence-electron chi connectivity index (χ0n) is 36.6. The molecule has 0 rings (SSSR count). The second kappa shape index (κ2) is 38.3. The molecule has 0 heterocycles. The summed E-state index contributed by atoms with van der Waals surface area (Å²) in [6, 6.07) is 0. The summed E-state index contributed by atoms with van der Waals surface area (Å²) < 4.78 is 33.9. The minimum absolute atomic E-state index is 0.0278. The van der Waals surface area contributed by atoms with E-state index in [1.54, 1.807) is 0 Å². The zero-order chi connectivity index (χ0) is 40.7. The van der Waals surface area contributed by atoms with Crippen LogP contribution in [0.25, 0.3) is 0 Å². The van der Waals surface area contributed by atoms with Gasteiger partial charge < -0.3 is 27.9 Å². The van der Waals surface area contributed by atoms with Crippen molar-refractivity contribution in [2.45, 2.75) is 219 Å². The quantitative estimate of drug-likeness (QED) is 0.0197. The number of esters is 2. The fraction of sp³-hybridized carbons (Fsp3) is 0.911. The van der Waals surface area contributed by atoms with Crippen molar-refractivity contribution in [3.8, 4) is 0 Å². The number of carbonyl (C=O) groups is 2. The second-order valence-electron chi connectivity index (χ2n) is 16.8. The molecule has 0 aliphatic rings. The van der Waals surface area contributed by atoms with Crippen LogP contribution in [0.1, 0.15) is 213 Å². The Labute approximate surface area is 339 Å². The number of rotatable bonds is 42. The highest BCUT2D eigenvalue weighted by Crippen LogP contribution is 2.38. The predicted octanol–water partition coefficient (Wildman–Crippen LogP) is 12.3. The van der Waals surface area contributed by atoms with Crippen LogP contribution >= 0.6 is 7.82 Å². The molecule has 0 bridgehead atoms. The molecule has 1 unspecified atom stereocenters. The Morgan fingerprint density at radius 3 is 1.35 bits per heavy atom. The van der Waals surface area contributed by atoms with Crippen LogP contribution in [0.4, 0.5) is 0 Å². The molecule has 0 fully saturated rings. The van der Waals surface area contributed by atoms with Crippen molar-refractivity contribution in [3.63, 3.8) is 0 Å². The fourth-order valence-electron chi connectivity index (χ4n) is 6.41. The number of likely N-dealkylation sites (N-methyl/N-ethyl adjacent to an activating group) is 1. The highest BCUT2D eigenvalue weighted by atomic mass is 31.2. The molecule has 0 aromatic heterocycles. The van der Waals surface area contributed by atoms with Gasteiger partial charge in [-0.05, 0) is 38.5 Å². The minimum atomic E-state index is -4.62. The molecule has 0 radical (unpaired) electrons. The molecular weight excluding hydrogens is 713 g/mol. The Kier molecular flexibility index (Phi) is 37.4. The standard InChI is InChI=1S/C45H88NO8P/c1-6-8-10-12-14-16-18-20-21-22-23-24-25-26-28-29-31-33-35-37-44(47)51-41-43(42-53-55(49,50)52-40-39-46(3,4)5)54-45(48)38-36-34-32-30-27-19-17-15-13-11-9-7-2/h20-21,43H,6-19,22-42H2,1-5H3/b21-20+/t43-/m0/s1. The molecule has 0 aromatic carbocycles. The van der Waals surface area contributed by atoms with Crippen molar-refractivity contribution in [1.82, 2.24) is 0 Å². The largest absolute Gasteiger partial charge is 0.756 e. The first kappa shape index (κ1) is 53.8. The third-order valence-corrected chi connectivity index (χ3v) is 11.0. The van der Waals surface area contributed by atoms with Gasteiger partial charge in [0.05, 0.1) is 27.7 Å². The number of quaternary nitrogens is 1. The van der Waals surface area contributed by atoms with Crippen LogP contribution in [-0.4, -0.2) is 70.0 Å². The van der Waals surface area contributed by atoms with E-state index in [-0.39, 0.29) is 32.0 Å². The number of hydrogen-bond donors (Lipinski definition) is 0. The molecule has 2 atom stereocenters. The van der Waals surface area contributed by atoms with Crippen LogP contribution < -0.4 is 4.89 Å². The lowest BCUT2D eigenvalue weighted by molar-refractivity contribution is -0.870. The molecule has 0 aliphatic carbocycles. The fourth-order valence-corrected chi connectivity index (χ4v) is 7.14. The van der Waals surface area contributed by atoms with E-state index in [2.05, 4.69) is 26.0 Å². The van der Waals surface area contributed by atoms with Crippen LogP contribution in [-0.2, 0) is 32.7 Å². The van der Waals surface area contributed by atoms with E-state index in [0.717, 1.165) is 32.1 Å². The molecule has 10 heteroatoms. The number of allylic oxidation sites excluding steroid dienone is 2. The molecule has 55 heavy (non-hydrogen) atoms. The van der Waals surface area contributed by atoms with Gasteiger partial charge in [0.2, 0.25) is 0 Å². The Bertz CT molecular complexity index is 954. The highest BCUT2D eigenvalue weighted by Gasteiger charge is 2.21. The Balaban J connectivity index is 4.26. The molecule has 9 nitrogen and oxygen atoms in total. The lowest BCUT2D eigenvalue weighted by atomic mass is 10.0. The van der Waals surface area contributed by atoms with Crippen molar-refractivity contribution >= 4 is 19.8 Å². The molecule has 0 spiro atoms. The third-order valence-electron chi connectivity index (χ3n) is 10.0. The van der Waals surface area contributed by atoms with Gasteiger partial charge in [-0.2, -0.15) is 0 Å².